The van der Waals surface area contributed by atoms with Gasteiger partial charge in [0.05, 0.1) is 24.5 Å². The van der Waals surface area contributed by atoms with Crippen molar-refractivity contribution in [1.82, 2.24) is 9.27 Å². The van der Waals surface area contributed by atoms with E-state index < -0.39 is 0 Å². The number of hydrogen-bond acceptors (Lipinski definition) is 5. The number of nitrogens with zero attached hydrogens (tertiary/aromatic N) is 2. The molecule has 1 aliphatic heterocycles. The number of hydrogen-bond donors (Lipinski definition) is 1. The van der Waals surface area contributed by atoms with E-state index in [1.165, 1.54) is 17.1 Å². The van der Waals surface area contributed by atoms with Crippen molar-refractivity contribution in [3.63, 3.8) is 0 Å². The Hall–Kier alpha value is -1.76. The van der Waals surface area contributed by atoms with E-state index in [0.29, 0.717) is 5.56 Å². The maximum absolute atomic E-state index is 12.2. The standard InChI is InChI=1S/C16H19N3O2S/c1-12-15(11-22-18-12)16(20)17-14-4-2-3-13(9-14)10-19-5-7-21-8-6-19/h2-4,9,11H,5-8,10H2,1H3,(H,17,20). The van der Waals surface area contributed by atoms with Crippen molar-refractivity contribution in [3.8, 4) is 0 Å². The Bertz CT molecular complexity index is 650. The van der Waals surface area contributed by atoms with Crippen LogP contribution >= 0.6 is 11.5 Å². The third-order valence-corrected chi connectivity index (χ3v) is 4.41. The zero-order valence-electron chi connectivity index (χ0n) is 12.5. The number of aryl methyl sites for hydroxylation is 1. The van der Waals surface area contributed by atoms with Crippen molar-refractivity contribution >= 4 is 23.1 Å². The molecule has 0 spiro atoms. The minimum Gasteiger partial charge on any atom is -0.379 e. The summed E-state index contributed by atoms with van der Waals surface area (Å²) in [7, 11) is 0. The first-order valence-electron chi connectivity index (χ1n) is 7.34. The Kier molecular flexibility index (Phi) is 4.82. The summed E-state index contributed by atoms with van der Waals surface area (Å²) in [5, 5.41) is 4.73. The molecule has 0 unspecified atom stereocenters. The molecule has 22 heavy (non-hydrogen) atoms. The second-order valence-corrected chi connectivity index (χ2v) is 5.99. The zero-order valence-corrected chi connectivity index (χ0v) is 13.4. The van der Waals surface area contributed by atoms with Crippen LogP contribution in [0.15, 0.2) is 29.6 Å². The fourth-order valence-corrected chi connectivity index (χ4v) is 3.17. The maximum atomic E-state index is 12.2. The molecule has 3 rings (SSSR count). The van der Waals surface area contributed by atoms with Gasteiger partial charge in [-0.05, 0) is 36.2 Å². The molecular weight excluding hydrogens is 298 g/mol. The van der Waals surface area contributed by atoms with Crippen LogP contribution in [0.2, 0.25) is 0 Å². The van der Waals surface area contributed by atoms with Gasteiger partial charge in [0, 0.05) is 30.7 Å². The molecule has 6 heteroatoms. The molecule has 1 saturated heterocycles. The van der Waals surface area contributed by atoms with Crippen LogP contribution < -0.4 is 5.32 Å². The Labute approximate surface area is 134 Å². The third-order valence-electron chi connectivity index (χ3n) is 3.69. The van der Waals surface area contributed by atoms with E-state index in [4.69, 9.17) is 4.74 Å². The number of rotatable bonds is 4. The van der Waals surface area contributed by atoms with Crippen LogP contribution in [0.1, 0.15) is 21.6 Å². The predicted octanol–water partition coefficient (Wildman–Crippen LogP) is 2.54. The molecule has 5 nitrogen and oxygen atoms in total. The quantitative estimate of drug-likeness (QED) is 0.941. The SMILES string of the molecule is Cc1nscc1C(=O)Nc1cccc(CN2CCOCC2)c1. The minimum atomic E-state index is -0.102. The lowest BCUT2D eigenvalue weighted by atomic mass is 10.1. The van der Waals surface area contributed by atoms with Crippen LogP contribution in [0.4, 0.5) is 5.69 Å². The fourth-order valence-electron chi connectivity index (χ4n) is 2.47. The zero-order chi connectivity index (χ0) is 15.4. The van der Waals surface area contributed by atoms with Gasteiger partial charge in [-0.25, -0.2) is 0 Å². The number of benzene rings is 1. The van der Waals surface area contributed by atoms with Crippen molar-refractivity contribution in [2.75, 3.05) is 31.6 Å². The lowest BCUT2D eigenvalue weighted by molar-refractivity contribution is 0.0342. The summed E-state index contributed by atoms with van der Waals surface area (Å²) in [6.07, 6.45) is 0. The second-order valence-electron chi connectivity index (χ2n) is 5.36. The first-order chi connectivity index (χ1) is 10.7. The van der Waals surface area contributed by atoms with Gasteiger partial charge in [0.1, 0.15) is 0 Å². The van der Waals surface area contributed by atoms with Crippen LogP contribution in [0.3, 0.4) is 0 Å². The number of aromatic nitrogens is 1. The van der Waals surface area contributed by atoms with Crippen LogP contribution in [0.5, 0.6) is 0 Å². The van der Waals surface area contributed by atoms with E-state index in [9.17, 15) is 4.79 Å². The van der Waals surface area contributed by atoms with Crippen LogP contribution in [0.25, 0.3) is 0 Å². The molecule has 1 aromatic carbocycles. The highest BCUT2D eigenvalue weighted by Gasteiger charge is 2.13. The molecule has 1 N–H and O–H groups in total. The molecule has 2 heterocycles. The molecular formula is C16H19N3O2S. The van der Waals surface area contributed by atoms with Gasteiger partial charge in [-0.1, -0.05) is 12.1 Å². The Morgan fingerprint density at radius 1 is 1.41 bits per heavy atom. The number of nitrogens with one attached hydrogen (secondary N) is 1. The summed E-state index contributed by atoms with van der Waals surface area (Å²) in [6, 6.07) is 8.00. The first kappa shape index (κ1) is 15.1. The lowest BCUT2D eigenvalue weighted by Gasteiger charge is -2.26. The number of carbonyl (C=O) groups is 1. The number of ether oxygens (including phenoxy) is 1. The number of anilines is 1. The van der Waals surface area contributed by atoms with Gasteiger partial charge >= 0.3 is 0 Å². The summed E-state index contributed by atoms with van der Waals surface area (Å²) in [5.74, 6) is -0.102. The van der Waals surface area contributed by atoms with Crippen LogP contribution in [0, 0.1) is 6.92 Å². The molecule has 2 aromatic rings. The van der Waals surface area contributed by atoms with E-state index in [-0.39, 0.29) is 5.91 Å². The van der Waals surface area contributed by atoms with Crippen LogP contribution in [-0.2, 0) is 11.3 Å². The van der Waals surface area contributed by atoms with Gasteiger partial charge in [-0.3, -0.25) is 9.69 Å². The fraction of sp³-hybridized carbons (Fsp3) is 0.375. The van der Waals surface area contributed by atoms with Crippen molar-refractivity contribution < 1.29 is 9.53 Å². The highest BCUT2D eigenvalue weighted by molar-refractivity contribution is 7.04. The average molecular weight is 317 g/mol. The van der Waals surface area contributed by atoms with Gasteiger partial charge in [-0.15, -0.1) is 0 Å². The first-order valence-corrected chi connectivity index (χ1v) is 8.17. The topological polar surface area (TPSA) is 54.5 Å². The molecule has 0 saturated carbocycles. The third kappa shape index (κ3) is 3.71. The normalized spacial score (nSPS) is 15.7. The molecule has 0 radical (unpaired) electrons. The highest BCUT2D eigenvalue weighted by Crippen LogP contribution is 2.16. The molecule has 1 amide bonds. The number of morpholine rings is 1. The van der Waals surface area contributed by atoms with Gasteiger partial charge in [0.15, 0.2) is 0 Å². The minimum absolute atomic E-state index is 0.102. The van der Waals surface area contributed by atoms with Gasteiger partial charge < -0.3 is 10.1 Å². The molecule has 0 atom stereocenters. The Morgan fingerprint density at radius 3 is 2.95 bits per heavy atom. The Balaban J connectivity index is 1.66. The van der Waals surface area contributed by atoms with Crippen molar-refractivity contribution in [1.29, 1.82) is 0 Å². The summed E-state index contributed by atoms with van der Waals surface area (Å²) in [6.45, 7) is 6.22. The van der Waals surface area contributed by atoms with Gasteiger partial charge in [0.25, 0.3) is 5.91 Å². The lowest BCUT2D eigenvalue weighted by Crippen LogP contribution is -2.35. The largest absolute Gasteiger partial charge is 0.379 e. The Morgan fingerprint density at radius 2 is 2.23 bits per heavy atom. The summed E-state index contributed by atoms with van der Waals surface area (Å²) in [5.41, 5.74) is 3.43. The van der Waals surface area contributed by atoms with Crippen molar-refractivity contribution in [3.05, 3.63) is 46.5 Å². The van der Waals surface area contributed by atoms with E-state index in [1.54, 1.807) is 5.38 Å². The maximum Gasteiger partial charge on any atom is 0.258 e. The van der Waals surface area contributed by atoms with E-state index in [0.717, 1.165) is 44.2 Å². The molecule has 1 aliphatic rings. The molecule has 0 aliphatic carbocycles. The number of carbonyl (C=O) groups excluding carboxylic acids is 1. The predicted molar refractivity (Wildman–Crippen MR) is 87.3 cm³/mol. The van der Waals surface area contributed by atoms with Gasteiger partial charge in [0.2, 0.25) is 0 Å². The van der Waals surface area contributed by atoms with Gasteiger partial charge in [-0.2, -0.15) is 4.37 Å². The van der Waals surface area contributed by atoms with E-state index in [2.05, 4.69) is 20.7 Å². The molecule has 116 valence electrons. The monoisotopic (exact) mass is 317 g/mol. The summed E-state index contributed by atoms with van der Waals surface area (Å²) < 4.78 is 9.50. The van der Waals surface area contributed by atoms with E-state index in [1.807, 2.05) is 25.1 Å². The highest BCUT2D eigenvalue weighted by atomic mass is 32.1. The van der Waals surface area contributed by atoms with Crippen molar-refractivity contribution in [2.45, 2.75) is 13.5 Å². The summed E-state index contributed by atoms with van der Waals surface area (Å²) in [4.78, 5) is 14.6. The molecule has 0 bridgehead atoms. The average Bonchev–Trinajstić information content (AvgIpc) is 2.95. The van der Waals surface area contributed by atoms with E-state index >= 15 is 0 Å². The molecule has 1 aromatic heterocycles. The summed E-state index contributed by atoms with van der Waals surface area (Å²) >= 11 is 1.30. The second kappa shape index (κ2) is 7.00. The number of amides is 1. The van der Waals surface area contributed by atoms with Crippen molar-refractivity contribution in [2.24, 2.45) is 0 Å². The smallest absolute Gasteiger partial charge is 0.258 e. The van der Waals surface area contributed by atoms with Crippen LogP contribution in [-0.4, -0.2) is 41.5 Å². The molecule has 1 fully saturated rings.